The molecule has 0 amide bonds. The van der Waals surface area contributed by atoms with Gasteiger partial charge in [0.1, 0.15) is 5.75 Å². The Bertz CT molecular complexity index is 440. The minimum absolute atomic E-state index is 0. The van der Waals surface area contributed by atoms with Crippen LogP contribution in [0.3, 0.4) is 0 Å². The normalized spacial score (nSPS) is 16.4. The van der Waals surface area contributed by atoms with Gasteiger partial charge in [-0.05, 0) is 36.6 Å². The van der Waals surface area contributed by atoms with Crippen molar-refractivity contribution in [2.24, 2.45) is 0 Å². The second-order valence-corrected chi connectivity index (χ2v) is 5.73. The highest BCUT2D eigenvalue weighted by Gasteiger charge is 2.23. The van der Waals surface area contributed by atoms with Crippen LogP contribution in [0, 0.1) is 0 Å². The van der Waals surface area contributed by atoms with E-state index < -0.39 is 0 Å². The molecular weight excluding hydrogens is 375 g/mol. The van der Waals surface area contributed by atoms with Crippen molar-refractivity contribution in [3.63, 3.8) is 0 Å². The number of nitrogens with zero attached hydrogens (tertiary/aromatic N) is 1. The molecular formula is C15H23BrCl2N2O. The number of phenolic OH excluding ortho intramolecular Hbond substituents is 1. The van der Waals surface area contributed by atoms with Gasteiger partial charge in [0.05, 0.1) is 0 Å². The van der Waals surface area contributed by atoms with Gasteiger partial charge in [0.2, 0.25) is 0 Å². The Balaban J connectivity index is 0.00000200. The molecule has 1 aromatic rings. The number of aromatic hydroxyl groups is 1. The summed E-state index contributed by atoms with van der Waals surface area (Å²) in [6, 6.07) is 5.85. The van der Waals surface area contributed by atoms with E-state index in [4.69, 9.17) is 0 Å². The average Bonchev–Trinajstić information content (AvgIpc) is 2.44. The van der Waals surface area contributed by atoms with Gasteiger partial charge >= 0.3 is 0 Å². The van der Waals surface area contributed by atoms with Crippen molar-refractivity contribution in [1.29, 1.82) is 0 Å². The fourth-order valence-electron chi connectivity index (χ4n) is 2.59. The number of hydrogen-bond acceptors (Lipinski definition) is 3. The van der Waals surface area contributed by atoms with Crippen LogP contribution in [0.1, 0.15) is 24.4 Å². The molecule has 2 N–H and O–H groups in total. The van der Waals surface area contributed by atoms with Gasteiger partial charge in [-0.25, -0.2) is 0 Å². The zero-order valence-corrected chi connectivity index (χ0v) is 15.1. The molecule has 3 nitrogen and oxygen atoms in total. The van der Waals surface area contributed by atoms with Crippen LogP contribution in [0.2, 0.25) is 0 Å². The van der Waals surface area contributed by atoms with E-state index >= 15 is 0 Å². The molecule has 1 heterocycles. The van der Waals surface area contributed by atoms with Gasteiger partial charge in [-0.15, -0.1) is 31.4 Å². The van der Waals surface area contributed by atoms with Crippen LogP contribution in [0.25, 0.3) is 0 Å². The second-order valence-electron chi connectivity index (χ2n) is 4.87. The molecule has 120 valence electrons. The standard InChI is InChI=1S/C15H21BrN2O.2ClH/c1-2-3-4-15(18-9-7-17-8-10-18)13-11-12(19)5-6-14(13)16;;/h2,5-6,11,15,17,19H,1,3-4,7-10H2;2*1H/t15-;;/m1../s1. The largest absolute Gasteiger partial charge is 0.508 e. The lowest BCUT2D eigenvalue weighted by Gasteiger charge is -2.35. The fraction of sp³-hybridized carbons (Fsp3) is 0.467. The van der Waals surface area contributed by atoms with Crippen LogP contribution in [-0.2, 0) is 0 Å². The average molecular weight is 398 g/mol. The summed E-state index contributed by atoms with van der Waals surface area (Å²) in [5, 5.41) is 13.1. The first-order chi connectivity index (χ1) is 9.22. The van der Waals surface area contributed by atoms with Gasteiger partial charge in [-0.2, -0.15) is 0 Å². The minimum atomic E-state index is 0. The molecule has 6 heteroatoms. The zero-order chi connectivity index (χ0) is 13.7. The quantitative estimate of drug-likeness (QED) is 0.739. The summed E-state index contributed by atoms with van der Waals surface area (Å²) in [7, 11) is 0. The third-order valence-electron chi connectivity index (χ3n) is 3.58. The molecule has 0 aliphatic carbocycles. The molecule has 0 radical (unpaired) electrons. The van der Waals surface area contributed by atoms with Gasteiger partial charge in [-0.3, -0.25) is 4.90 Å². The number of benzene rings is 1. The van der Waals surface area contributed by atoms with Gasteiger partial charge in [0.15, 0.2) is 0 Å². The molecule has 1 saturated heterocycles. The third kappa shape index (κ3) is 5.80. The molecule has 0 bridgehead atoms. The van der Waals surface area contributed by atoms with E-state index in [-0.39, 0.29) is 24.8 Å². The topological polar surface area (TPSA) is 35.5 Å². The van der Waals surface area contributed by atoms with Crippen LogP contribution in [0.15, 0.2) is 35.3 Å². The van der Waals surface area contributed by atoms with Crippen molar-refractivity contribution < 1.29 is 5.11 Å². The lowest BCUT2D eigenvalue weighted by molar-refractivity contribution is 0.165. The lowest BCUT2D eigenvalue weighted by Crippen LogP contribution is -2.45. The first-order valence-corrected chi connectivity index (χ1v) is 7.55. The van der Waals surface area contributed by atoms with Gasteiger partial charge in [-0.1, -0.05) is 22.0 Å². The smallest absolute Gasteiger partial charge is 0.115 e. The van der Waals surface area contributed by atoms with Crippen LogP contribution in [0.5, 0.6) is 5.75 Å². The number of nitrogens with one attached hydrogen (secondary N) is 1. The molecule has 0 spiro atoms. The maximum absolute atomic E-state index is 9.74. The van der Waals surface area contributed by atoms with Crippen molar-refractivity contribution in [2.45, 2.75) is 18.9 Å². The molecule has 0 saturated carbocycles. The number of phenols is 1. The molecule has 2 rings (SSSR count). The highest BCUT2D eigenvalue weighted by atomic mass is 79.9. The Hall–Kier alpha value is -0.260. The number of piperazine rings is 1. The molecule has 0 aromatic heterocycles. The second kappa shape index (κ2) is 10.5. The van der Waals surface area contributed by atoms with Gasteiger partial charge < -0.3 is 10.4 Å². The Morgan fingerprint density at radius 1 is 1.33 bits per heavy atom. The van der Waals surface area contributed by atoms with E-state index in [0.717, 1.165) is 43.5 Å². The zero-order valence-electron chi connectivity index (χ0n) is 11.9. The van der Waals surface area contributed by atoms with E-state index in [1.54, 1.807) is 6.07 Å². The number of hydrogen-bond donors (Lipinski definition) is 2. The van der Waals surface area contributed by atoms with E-state index in [1.165, 1.54) is 5.56 Å². The van der Waals surface area contributed by atoms with Crippen molar-refractivity contribution >= 4 is 40.7 Å². The highest BCUT2D eigenvalue weighted by Crippen LogP contribution is 2.34. The van der Waals surface area contributed by atoms with Crippen molar-refractivity contribution in [3.05, 3.63) is 40.9 Å². The minimum Gasteiger partial charge on any atom is -0.508 e. The molecule has 0 unspecified atom stereocenters. The predicted molar refractivity (Wildman–Crippen MR) is 96.9 cm³/mol. The van der Waals surface area contributed by atoms with Gasteiger partial charge in [0.25, 0.3) is 0 Å². The van der Waals surface area contributed by atoms with E-state index in [9.17, 15) is 5.11 Å². The molecule has 21 heavy (non-hydrogen) atoms. The summed E-state index contributed by atoms with van der Waals surface area (Å²) in [6.45, 7) is 7.97. The van der Waals surface area contributed by atoms with Crippen LogP contribution in [0.4, 0.5) is 0 Å². The van der Waals surface area contributed by atoms with Crippen LogP contribution >= 0.6 is 40.7 Å². The highest BCUT2D eigenvalue weighted by molar-refractivity contribution is 9.10. The Morgan fingerprint density at radius 3 is 2.62 bits per heavy atom. The van der Waals surface area contributed by atoms with Crippen LogP contribution < -0.4 is 5.32 Å². The maximum Gasteiger partial charge on any atom is 0.115 e. The molecule has 1 aliphatic heterocycles. The van der Waals surface area contributed by atoms with Gasteiger partial charge in [0, 0.05) is 36.7 Å². The third-order valence-corrected chi connectivity index (χ3v) is 4.30. The molecule has 1 aromatic carbocycles. The first-order valence-electron chi connectivity index (χ1n) is 6.76. The Kier molecular flexibility index (Phi) is 10.3. The van der Waals surface area contributed by atoms with Crippen molar-refractivity contribution in [2.75, 3.05) is 26.2 Å². The Labute approximate surface area is 147 Å². The Morgan fingerprint density at radius 2 is 2.00 bits per heavy atom. The van der Waals surface area contributed by atoms with E-state index in [1.807, 2.05) is 18.2 Å². The SMILES string of the molecule is C=CCC[C@H](c1cc(O)ccc1Br)N1CCNCC1.Cl.Cl. The number of allylic oxidation sites excluding steroid dienone is 1. The predicted octanol–water partition coefficient (Wildman–Crippen LogP) is 3.91. The van der Waals surface area contributed by atoms with E-state index in [0.29, 0.717) is 11.8 Å². The number of rotatable bonds is 5. The number of halogens is 3. The fourth-order valence-corrected chi connectivity index (χ4v) is 3.10. The first kappa shape index (κ1) is 20.7. The van der Waals surface area contributed by atoms with E-state index in [2.05, 4.69) is 32.7 Å². The molecule has 1 fully saturated rings. The summed E-state index contributed by atoms with van der Waals surface area (Å²) >= 11 is 3.61. The summed E-state index contributed by atoms with van der Waals surface area (Å²) in [5.41, 5.74) is 1.17. The van der Waals surface area contributed by atoms with Crippen molar-refractivity contribution in [1.82, 2.24) is 10.2 Å². The summed E-state index contributed by atoms with van der Waals surface area (Å²) in [5.74, 6) is 0.330. The monoisotopic (exact) mass is 396 g/mol. The summed E-state index contributed by atoms with van der Waals surface area (Å²) in [6.07, 6.45) is 3.98. The van der Waals surface area contributed by atoms with Crippen LogP contribution in [-0.4, -0.2) is 36.2 Å². The summed E-state index contributed by atoms with van der Waals surface area (Å²) in [4.78, 5) is 2.49. The lowest BCUT2D eigenvalue weighted by atomic mass is 9.99. The van der Waals surface area contributed by atoms with Crippen molar-refractivity contribution in [3.8, 4) is 5.75 Å². The maximum atomic E-state index is 9.74. The summed E-state index contributed by atoms with van der Waals surface area (Å²) < 4.78 is 1.07. The molecule has 1 aliphatic rings. The molecule has 1 atom stereocenters.